The van der Waals surface area contributed by atoms with E-state index in [0.29, 0.717) is 24.6 Å². The van der Waals surface area contributed by atoms with Gasteiger partial charge in [-0.15, -0.1) is 0 Å². The molecule has 2 aliphatic rings. The zero-order valence-electron chi connectivity index (χ0n) is 11.4. The number of nitrogen functional groups attached to an aromatic ring is 1. The highest BCUT2D eigenvalue weighted by Gasteiger charge is 2.36. The Balaban J connectivity index is 1.87. The fraction of sp³-hybridized carbons (Fsp3) is 0.769. The van der Waals surface area contributed by atoms with E-state index in [4.69, 9.17) is 10.5 Å². The third kappa shape index (κ3) is 2.43. The normalized spacial score (nSPS) is 26.3. The molecule has 1 saturated carbocycles. The minimum Gasteiger partial charge on any atom is -0.464 e. The van der Waals surface area contributed by atoms with Gasteiger partial charge >= 0.3 is 6.01 Å². The lowest BCUT2D eigenvalue weighted by atomic mass is 9.92. The van der Waals surface area contributed by atoms with E-state index >= 15 is 0 Å². The number of aromatic nitrogens is 3. The predicted molar refractivity (Wildman–Crippen MR) is 73.1 cm³/mol. The Morgan fingerprint density at radius 3 is 2.89 bits per heavy atom. The summed E-state index contributed by atoms with van der Waals surface area (Å²) in [5.41, 5.74) is 5.76. The van der Waals surface area contributed by atoms with Gasteiger partial charge in [0.15, 0.2) is 0 Å². The first-order valence-electron chi connectivity index (χ1n) is 7.19. The molecule has 2 fully saturated rings. The quantitative estimate of drug-likeness (QED) is 0.893. The molecule has 104 valence electrons. The highest BCUT2D eigenvalue weighted by atomic mass is 16.5. The maximum Gasteiger partial charge on any atom is 0.323 e. The second-order valence-corrected chi connectivity index (χ2v) is 5.30. The first kappa shape index (κ1) is 12.4. The zero-order valence-corrected chi connectivity index (χ0v) is 11.4. The van der Waals surface area contributed by atoms with Gasteiger partial charge in [0.2, 0.25) is 11.9 Å². The van der Waals surface area contributed by atoms with Crippen molar-refractivity contribution in [3.63, 3.8) is 0 Å². The van der Waals surface area contributed by atoms with Crippen LogP contribution in [0.2, 0.25) is 0 Å². The minimum atomic E-state index is 0.244. The van der Waals surface area contributed by atoms with Gasteiger partial charge in [-0.3, -0.25) is 0 Å². The molecule has 0 spiro atoms. The van der Waals surface area contributed by atoms with E-state index in [9.17, 15) is 0 Å². The first-order chi connectivity index (χ1) is 9.28. The van der Waals surface area contributed by atoms with Crippen molar-refractivity contribution in [3.8, 4) is 6.01 Å². The Bertz CT molecular complexity index is 453. The summed E-state index contributed by atoms with van der Waals surface area (Å²) in [5.74, 6) is 1.73. The van der Waals surface area contributed by atoms with E-state index in [1.54, 1.807) is 0 Å². The zero-order chi connectivity index (χ0) is 13.2. The molecule has 2 atom stereocenters. The van der Waals surface area contributed by atoms with Crippen LogP contribution in [0.4, 0.5) is 11.9 Å². The van der Waals surface area contributed by atoms with Crippen LogP contribution in [0.15, 0.2) is 0 Å². The van der Waals surface area contributed by atoms with Crippen LogP contribution < -0.4 is 15.4 Å². The van der Waals surface area contributed by atoms with E-state index < -0.39 is 0 Å². The molecule has 1 aromatic rings. The Kier molecular flexibility index (Phi) is 3.40. The summed E-state index contributed by atoms with van der Waals surface area (Å²) in [6.07, 6.45) is 6.42. The number of rotatable bonds is 3. The van der Waals surface area contributed by atoms with Crippen molar-refractivity contribution >= 4 is 11.9 Å². The Morgan fingerprint density at radius 2 is 2.05 bits per heavy atom. The van der Waals surface area contributed by atoms with Crippen molar-refractivity contribution < 1.29 is 4.74 Å². The second kappa shape index (κ2) is 5.19. The van der Waals surface area contributed by atoms with Crippen LogP contribution in [0.1, 0.15) is 39.0 Å². The Morgan fingerprint density at radius 1 is 1.21 bits per heavy atom. The van der Waals surface area contributed by atoms with Crippen LogP contribution in [0.25, 0.3) is 0 Å². The largest absolute Gasteiger partial charge is 0.464 e. The molecule has 0 radical (unpaired) electrons. The van der Waals surface area contributed by atoms with Gasteiger partial charge in [-0.1, -0.05) is 6.42 Å². The number of fused-ring (bicyclic) bond motifs is 1. The number of piperidine rings is 1. The molecule has 2 N–H and O–H groups in total. The molecule has 1 aliphatic heterocycles. The number of nitrogens with two attached hydrogens (primary N) is 1. The first-order valence-corrected chi connectivity index (χ1v) is 7.19. The number of nitrogens with zero attached hydrogens (tertiary/aromatic N) is 4. The third-order valence-electron chi connectivity index (χ3n) is 4.14. The van der Waals surface area contributed by atoms with Gasteiger partial charge in [0.05, 0.1) is 6.61 Å². The molecular weight excluding hydrogens is 242 g/mol. The summed E-state index contributed by atoms with van der Waals surface area (Å²) in [5, 5.41) is 0. The lowest BCUT2D eigenvalue weighted by Gasteiger charge is -2.37. The summed E-state index contributed by atoms with van der Waals surface area (Å²) >= 11 is 0. The van der Waals surface area contributed by atoms with Gasteiger partial charge in [-0.25, -0.2) is 0 Å². The highest BCUT2D eigenvalue weighted by molar-refractivity contribution is 5.38. The summed E-state index contributed by atoms with van der Waals surface area (Å²) in [6, 6.07) is 0.912. The smallest absolute Gasteiger partial charge is 0.323 e. The number of hydrogen-bond acceptors (Lipinski definition) is 6. The summed E-state index contributed by atoms with van der Waals surface area (Å²) < 4.78 is 5.36. The molecule has 6 nitrogen and oxygen atoms in total. The van der Waals surface area contributed by atoms with E-state index in [0.717, 1.165) is 12.5 Å². The van der Waals surface area contributed by atoms with Gasteiger partial charge in [0, 0.05) is 12.6 Å². The van der Waals surface area contributed by atoms with Crippen molar-refractivity contribution in [1.29, 1.82) is 0 Å². The molecule has 2 heterocycles. The highest BCUT2D eigenvalue weighted by Crippen LogP contribution is 2.38. The maximum absolute atomic E-state index is 5.76. The van der Waals surface area contributed by atoms with Crippen molar-refractivity contribution in [2.45, 2.75) is 45.1 Å². The Labute approximate surface area is 113 Å². The van der Waals surface area contributed by atoms with Crippen molar-refractivity contribution in [2.24, 2.45) is 5.92 Å². The van der Waals surface area contributed by atoms with Crippen LogP contribution in [0.3, 0.4) is 0 Å². The van der Waals surface area contributed by atoms with Crippen LogP contribution in [0, 0.1) is 5.92 Å². The standard InChI is InChI=1S/C13H21N5O/c1-2-19-13-16-11(14)15-12(17-13)18-8-4-6-9-5-3-7-10(9)18/h9-10H,2-8H2,1H3,(H2,14,15,16,17). The molecule has 0 aromatic carbocycles. The molecule has 3 rings (SSSR count). The molecule has 0 amide bonds. The summed E-state index contributed by atoms with van der Waals surface area (Å²) in [4.78, 5) is 15.0. The molecule has 19 heavy (non-hydrogen) atoms. The van der Waals surface area contributed by atoms with Gasteiger partial charge < -0.3 is 15.4 Å². The van der Waals surface area contributed by atoms with Gasteiger partial charge in [-0.2, -0.15) is 15.0 Å². The lowest BCUT2D eigenvalue weighted by Crippen LogP contribution is -2.43. The van der Waals surface area contributed by atoms with Crippen molar-refractivity contribution in [1.82, 2.24) is 15.0 Å². The Hall–Kier alpha value is -1.59. The molecule has 0 bridgehead atoms. The van der Waals surface area contributed by atoms with E-state index in [-0.39, 0.29) is 5.95 Å². The maximum atomic E-state index is 5.76. The fourth-order valence-corrected chi connectivity index (χ4v) is 3.39. The summed E-state index contributed by atoms with van der Waals surface area (Å²) in [7, 11) is 0. The van der Waals surface area contributed by atoms with Crippen LogP contribution in [0.5, 0.6) is 6.01 Å². The average molecular weight is 263 g/mol. The average Bonchev–Trinajstić information content (AvgIpc) is 2.86. The van der Waals surface area contributed by atoms with Crippen LogP contribution in [-0.4, -0.2) is 34.1 Å². The number of hydrogen-bond donors (Lipinski definition) is 1. The molecule has 1 aromatic heterocycles. The summed E-state index contributed by atoms with van der Waals surface area (Å²) in [6.45, 7) is 3.46. The predicted octanol–water partition coefficient (Wildman–Crippen LogP) is 1.62. The van der Waals surface area contributed by atoms with Crippen LogP contribution >= 0.6 is 0 Å². The molecule has 1 saturated heterocycles. The third-order valence-corrected chi connectivity index (χ3v) is 4.14. The monoisotopic (exact) mass is 263 g/mol. The lowest BCUT2D eigenvalue weighted by molar-refractivity contribution is 0.309. The molecular formula is C13H21N5O. The molecule has 2 unspecified atom stereocenters. The van der Waals surface area contributed by atoms with E-state index in [1.807, 2.05) is 6.92 Å². The van der Waals surface area contributed by atoms with Crippen LogP contribution in [-0.2, 0) is 0 Å². The van der Waals surface area contributed by atoms with Gasteiger partial charge in [0.25, 0.3) is 0 Å². The van der Waals surface area contributed by atoms with E-state index in [2.05, 4.69) is 19.9 Å². The van der Waals surface area contributed by atoms with Crippen molar-refractivity contribution in [2.75, 3.05) is 23.8 Å². The topological polar surface area (TPSA) is 77.2 Å². The second-order valence-electron chi connectivity index (χ2n) is 5.30. The van der Waals surface area contributed by atoms with Gasteiger partial charge in [0.1, 0.15) is 0 Å². The van der Waals surface area contributed by atoms with E-state index in [1.165, 1.54) is 32.1 Å². The molecule has 1 aliphatic carbocycles. The SMILES string of the molecule is CCOc1nc(N)nc(N2CCCC3CCCC32)n1. The molecule has 6 heteroatoms. The number of anilines is 2. The van der Waals surface area contributed by atoms with Crippen molar-refractivity contribution in [3.05, 3.63) is 0 Å². The van der Waals surface area contributed by atoms with Gasteiger partial charge in [-0.05, 0) is 38.5 Å². The minimum absolute atomic E-state index is 0.244. The number of ether oxygens (including phenoxy) is 1. The fourth-order valence-electron chi connectivity index (χ4n) is 3.39.